The van der Waals surface area contributed by atoms with Gasteiger partial charge in [-0.25, -0.2) is 27.5 Å². The lowest BCUT2D eigenvalue weighted by molar-refractivity contribution is 0.582. The first kappa shape index (κ1) is 17.0. The second-order valence-electron chi connectivity index (χ2n) is 4.78. The van der Waals surface area contributed by atoms with Crippen LogP contribution in [0.1, 0.15) is 5.69 Å². The highest BCUT2D eigenvalue weighted by Gasteiger charge is 2.16. The van der Waals surface area contributed by atoms with Crippen LogP contribution < -0.4 is 4.72 Å². The van der Waals surface area contributed by atoms with Crippen molar-refractivity contribution in [1.29, 1.82) is 0 Å². The summed E-state index contributed by atoms with van der Waals surface area (Å²) >= 11 is 6.74. The van der Waals surface area contributed by atoms with Crippen molar-refractivity contribution in [3.8, 4) is 11.3 Å². The maximum atomic E-state index is 13.0. The third-order valence-corrected chi connectivity index (χ3v) is 6.24. The molecule has 124 valence electrons. The Morgan fingerprint density at radius 3 is 2.54 bits per heavy atom. The van der Waals surface area contributed by atoms with Crippen molar-refractivity contribution < 1.29 is 12.8 Å². The van der Waals surface area contributed by atoms with Gasteiger partial charge in [-0.05, 0) is 42.5 Å². The van der Waals surface area contributed by atoms with E-state index in [1.807, 2.05) is 0 Å². The summed E-state index contributed by atoms with van der Waals surface area (Å²) in [5, 5.41) is 0. The van der Waals surface area contributed by atoms with Crippen LogP contribution in [0.3, 0.4) is 0 Å². The molecule has 1 aromatic carbocycles. The quantitative estimate of drug-likeness (QED) is 0.732. The SMILES string of the molecule is O=S(=O)(NCc1cc(-c2ccc(F)cc2)ncn1)c1ccc(Cl)s1. The largest absolute Gasteiger partial charge is 0.250 e. The molecule has 0 bridgehead atoms. The van der Waals surface area contributed by atoms with E-state index in [-0.39, 0.29) is 16.6 Å². The number of sulfonamides is 1. The van der Waals surface area contributed by atoms with E-state index in [9.17, 15) is 12.8 Å². The third-order valence-electron chi connectivity index (χ3n) is 3.12. The van der Waals surface area contributed by atoms with Crippen LogP contribution >= 0.6 is 22.9 Å². The summed E-state index contributed by atoms with van der Waals surface area (Å²) in [6.07, 6.45) is 1.34. The lowest BCUT2D eigenvalue weighted by atomic mass is 10.1. The summed E-state index contributed by atoms with van der Waals surface area (Å²) in [5.74, 6) is -0.338. The highest BCUT2D eigenvalue weighted by molar-refractivity contribution is 7.91. The zero-order valence-electron chi connectivity index (χ0n) is 12.1. The number of rotatable bonds is 5. The Morgan fingerprint density at radius 1 is 1.12 bits per heavy atom. The van der Waals surface area contributed by atoms with E-state index in [1.165, 1.54) is 30.6 Å². The van der Waals surface area contributed by atoms with Crippen molar-refractivity contribution in [2.75, 3.05) is 0 Å². The Balaban J connectivity index is 1.76. The second-order valence-corrected chi connectivity index (χ2v) is 8.49. The number of benzene rings is 1. The number of nitrogens with zero attached hydrogens (tertiary/aromatic N) is 2. The Hall–Kier alpha value is -1.87. The van der Waals surface area contributed by atoms with Gasteiger partial charge in [-0.2, -0.15) is 0 Å². The summed E-state index contributed by atoms with van der Waals surface area (Å²) in [4.78, 5) is 8.17. The minimum Gasteiger partial charge on any atom is -0.240 e. The Labute approximate surface area is 147 Å². The first-order chi connectivity index (χ1) is 11.4. The molecule has 0 saturated carbocycles. The Morgan fingerprint density at radius 2 is 1.88 bits per heavy atom. The summed E-state index contributed by atoms with van der Waals surface area (Å²) in [6, 6.07) is 10.5. The Kier molecular flexibility index (Phi) is 4.91. The van der Waals surface area contributed by atoms with E-state index in [0.29, 0.717) is 21.3 Å². The number of hydrogen-bond acceptors (Lipinski definition) is 5. The van der Waals surface area contributed by atoms with Crippen molar-refractivity contribution in [1.82, 2.24) is 14.7 Å². The smallest absolute Gasteiger partial charge is 0.240 e. The van der Waals surface area contributed by atoms with Crippen LogP contribution in [0.2, 0.25) is 4.34 Å². The van der Waals surface area contributed by atoms with E-state index in [1.54, 1.807) is 18.2 Å². The standard InChI is InChI=1S/C15H11ClFN3O2S2/c16-14-5-6-15(23-14)24(21,22)20-8-12-7-13(19-9-18-12)10-1-3-11(17)4-2-10/h1-7,9,20H,8H2. The van der Waals surface area contributed by atoms with Gasteiger partial charge in [-0.15, -0.1) is 11.3 Å². The maximum absolute atomic E-state index is 13.0. The molecule has 0 spiro atoms. The number of aromatic nitrogens is 2. The van der Waals surface area contributed by atoms with E-state index in [2.05, 4.69) is 14.7 Å². The summed E-state index contributed by atoms with van der Waals surface area (Å²) in [7, 11) is -3.65. The molecule has 0 aliphatic heterocycles. The lowest BCUT2D eigenvalue weighted by Crippen LogP contribution is -2.23. The van der Waals surface area contributed by atoms with Gasteiger partial charge >= 0.3 is 0 Å². The first-order valence-corrected chi connectivity index (χ1v) is 9.44. The van der Waals surface area contributed by atoms with Crippen LogP contribution in [-0.4, -0.2) is 18.4 Å². The van der Waals surface area contributed by atoms with Crippen LogP contribution in [-0.2, 0) is 16.6 Å². The summed E-state index contributed by atoms with van der Waals surface area (Å²) in [5.41, 5.74) is 1.79. The predicted molar refractivity (Wildman–Crippen MR) is 90.8 cm³/mol. The van der Waals surface area contributed by atoms with Gasteiger partial charge in [-0.3, -0.25) is 0 Å². The van der Waals surface area contributed by atoms with Gasteiger partial charge in [0.25, 0.3) is 0 Å². The average Bonchev–Trinajstić information content (AvgIpc) is 3.02. The van der Waals surface area contributed by atoms with Gasteiger partial charge < -0.3 is 0 Å². The molecule has 3 aromatic rings. The molecule has 2 aromatic heterocycles. The van der Waals surface area contributed by atoms with Gasteiger partial charge in [0.1, 0.15) is 16.4 Å². The number of nitrogens with one attached hydrogen (secondary N) is 1. The van der Waals surface area contributed by atoms with Crippen LogP contribution in [0.25, 0.3) is 11.3 Å². The zero-order chi connectivity index (χ0) is 17.2. The van der Waals surface area contributed by atoms with Gasteiger partial charge in [0, 0.05) is 5.56 Å². The van der Waals surface area contributed by atoms with Crippen molar-refractivity contribution in [2.45, 2.75) is 10.8 Å². The molecule has 9 heteroatoms. The second kappa shape index (κ2) is 6.94. The summed E-state index contributed by atoms with van der Waals surface area (Å²) < 4.78 is 40.3. The number of hydrogen-bond donors (Lipinski definition) is 1. The molecule has 3 rings (SSSR count). The van der Waals surface area contributed by atoms with Gasteiger partial charge in [0.05, 0.1) is 22.3 Å². The summed E-state index contributed by atoms with van der Waals surface area (Å²) in [6.45, 7) is 0.00850. The molecule has 0 radical (unpaired) electrons. The number of halogens is 2. The van der Waals surface area contributed by atoms with Crippen molar-refractivity contribution in [3.05, 3.63) is 64.6 Å². The Bertz CT molecular complexity index is 959. The van der Waals surface area contributed by atoms with E-state index in [0.717, 1.165) is 11.3 Å². The van der Waals surface area contributed by atoms with Gasteiger partial charge in [0.15, 0.2) is 0 Å². The molecule has 5 nitrogen and oxygen atoms in total. The van der Waals surface area contributed by atoms with Crippen LogP contribution in [0.5, 0.6) is 0 Å². The van der Waals surface area contributed by atoms with Crippen LogP contribution in [0.15, 0.2) is 53.0 Å². The van der Waals surface area contributed by atoms with Gasteiger partial charge in [-0.1, -0.05) is 11.6 Å². The average molecular weight is 384 g/mol. The molecule has 0 saturated heterocycles. The van der Waals surface area contributed by atoms with Crippen molar-refractivity contribution in [3.63, 3.8) is 0 Å². The highest BCUT2D eigenvalue weighted by Crippen LogP contribution is 2.25. The molecule has 0 unspecified atom stereocenters. The zero-order valence-corrected chi connectivity index (χ0v) is 14.5. The van der Waals surface area contributed by atoms with Gasteiger partial charge in [0.2, 0.25) is 10.0 Å². The molecule has 0 fully saturated rings. The van der Waals surface area contributed by atoms with E-state index < -0.39 is 10.0 Å². The molecule has 0 aliphatic carbocycles. The number of thiophene rings is 1. The minimum atomic E-state index is -3.65. The fourth-order valence-corrected chi connectivity index (χ4v) is 4.48. The fraction of sp³-hybridized carbons (Fsp3) is 0.0667. The molecular weight excluding hydrogens is 373 g/mol. The maximum Gasteiger partial charge on any atom is 0.250 e. The normalized spacial score (nSPS) is 11.6. The van der Waals surface area contributed by atoms with E-state index in [4.69, 9.17) is 11.6 Å². The molecule has 0 amide bonds. The monoisotopic (exact) mass is 383 g/mol. The van der Waals surface area contributed by atoms with Crippen molar-refractivity contribution in [2.24, 2.45) is 0 Å². The fourth-order valence-electron chi connectivity index (χ4n) is 1.95. The van der Waals surface area contributed by atoms with Crippen molar-refractivity contribution >= 4 is 33.0 Å². The first-order valence-electron chi connectivity index (χ1n) is 6.76. The van der Waals surface area contributed by atoms with Crippen LogP contribution in [0.4, 0.5) is 4.39 Å². The lowest BCUT2D eigenvalue weighted by Gasteiger charge is -2.06. The molecule has 24 heavy (non-hydrogen) atoms. The molecule has 0 aliphatic rings. The molecule has 1 N–H and O–H groups in total. The molecule has 2 heterocycles. The third kappa shape index (κ3) is 3.96. The van der Waals surface area contributed by atoms with Crippen LogP contribution in [0, 0.1) is 5.82 Å². The molecule has 0 atom stereocenters. The molecular formula is C15H11ClFN3O2S2. The van der Waals surface area contributed by atoms with E-state index >= 15 is 0 Å². The predicted octanol–water partition coefficient (Wildman–Crippen LogP) is 3.48. The highest BCUT2D eigenvalue weighted by atomic mass is 35.5. The topological polar surface area (TPSA) is 72.0 Å². The minimum absolute atomic E-state index is 0.00850.